The highest BCUT2D eigenvalue weighted by Crippen LogP contribution is 2.43. The van der Waals surface area contributed by atoms with E-state index in [4.69, 9.17) is 4.42 Å². The van der Waals surface area contributed by atoms with E-state index in [-0.39, 0.29) is 46.1 Å². The molecule has 1 aliphatic rings. The van der Waals surface area contributed by atoms with Gasteiger partial charge in [0.25, 0.3) is 0 Å². The summed E-state index contributed by atoms with van der Waals surface area (Å²) in [5, 5.41) is 31.7. The van der Waals surface area contributed by atoms with E-state index in [1.165, 1.54) is 18.2 Å². The molecule has 184 valence electrons. The molecule has 3 N–H and O–H groups in total. The van der Waals surface area contributed by atoms with Gasteiger partial charge in [-0.25, -0.2) is 0 Å². The lowest BCUT2D eigenvalue weighted by Gasteiger charge is -2.29. The SMILES string of the molecule is O=C(C[C@H](c1cccc(O)c1)c1c(O)cc(O)c2c(=O)cc(-c3ccccc3)oc12)N1CCCCC1. The molecule has 1 aromatic heterocycles. The second-order valence-electron chi connectivity index (χ2n) is 9.17. The fourth-order valence-corrected chi connectivity index (χ4v) is 4.98. The molecule has 0 spiro atoms. The van der Waals surface area contributed by atoms with Crippen molar-refractivity contribution in [3.63, 3.8) is 0 Å². The maximum atomic E-state index is 13.3. The van der Waals surface area contributed by atoms with E-state index in [2.05, 4.69) is 0 Å². The molecule has 1 saturated heterocycles. The number of carbonyl (C=O) groups excluding carboxylic acids is 1. The van der Waals surface area contributed by atoms with Crippen molar-refractivity contribution in [1.82, 2.24) is 4.90 Å². The van der Waals surface area contributed by atoms with Gasteiger partial charge in [0.2, 0.25) is 5.91 Å². The molecule has 1 amide bonds. The molecule has 0 aliphatic carbocycles. The molecule has 0 saturated carbocycles. The highest BCUT2D eigenvalue weighted by molar-refractivity contribution is 5.91. The molecule has 0 bridgehead atoms. The van der Waals surface area contributed by atoms with Crippen molar-refractivity contribution in [3.05, 3.63) is 88.1 Å². The van der Waals surface area contributed by atoms with Gasteiger partial charge >= 0.3 is 0 Å². The van der Waals surface area contributed by atoms with Gasteiger partial charge in [-0.1, -0.05) is 42.5 Å². The Morgan fingerprint density at radius 2 is 1.64 bits per heavy atom. The minimum atomic E-state index is -0.733. The first-order valence-corrected chi connectivity index (χ1v) is 12.1. The highest BCUT2D eigenvalue weighted by Gasteiger charge is 2.30. The third-order valence-electron chi connectivity index (χ3n) is 6.76. The molecule has 7 nitrogen and oxygen atoms in total. The number of likely N-dealkylation sites (tertiary alicyclic amines) is 1. The monoisotopic (exact) mass is 485 g/mol. The maximum absolute atomic E-state index is 13.3. The summed E-state index contributed by atoms with van der Waals surface area (Å²) in [6.07, 6.45) is 2.95. The maximum Gasteiger partial charge on any atom is 0.223 e. The van der Waals surface area contributed by atoms with E-state index in [1.54, 1.807) is 24.3 Å². The molecule has 4 aromatic rings. The van der Waals surface area contributed by atoms with Gasteiger partial charge < -0.3 is 24.6 Å². The zero-order valence-corrected chi connectivity index (χ0v) is 19.7. The number of hydrogen-bond acceptors (Lipinski definition) is 6. The first kappa shape index (κ1) is 23.5. The fourth-order valence-electron chi connectivity index (χ4n) is 4.98. The summed E-state index contributed by atoms with van der Waals surface area (Å²) in [6, 6.07) is 17.9. The molecule has 0 radical (unpaired) electrons. The molecule has 1 fully saturated rings. The minimum Gasteiger partial charge on any atom is -0.508 e. The van der Waals surface area contributed by atoms with Crippen molar-refractivity contribution in [3.8, 4) is 28.6 Å². The van der Waals surface area contributed by atoms with Crippen LogP contribution >= 0.6 is 0 Å². The van der Waals surface area contributed by atoms with Gasteiger partial charge in [0.1, 0.15) is 34.0 Å². The van der Waals surface area contributed by atoms with Crippen LogP contribution in [0.3, 0.4) is 0 Å². The average molecular weight is 486 g/mol. The Labute approximate surface area is 207 Å². The van der Waals surface area contributed by atoms with E-state index in [9.17, 15) is 24.9 Å². The topological polar surface area (TPSA) is 111 Å². The normalized spacial score (nSPS) is 14.6. The number of phenolic OH excluding ortho intramolecular Hbond substituents is 3. The quantitative estimate of drug-likeness (QED) is 0.362. The van der Waals surface area contributed by atoms with Crippen molar-refractivity contribution in [1.29, 1.82) is 0 Å². The number of phenols is 3. The van der Waals surface area contributed by atoms with E-state index < -0.39 is 17.1 Å². The Morgan fingerprint density at radius 3 is 2.36 bits per heavy atom. The number of benzene rings is 3. The summed E-state index contributed by atoms with van der Waals surface area (Å²) in [4.78, 5) is 28.3. The second-order valence-corrected chi connectivity index (χ2v) is 9.17. The minimum absolute atomic E-state index is 0.00381. The summed E-state index contributed by atoms with van der Waals surface area (Å²) < 4.78 is 6.17. The summed E-state index contributed by atoms with van der Waals surface area (Å²) in [6.45, 7) is 1.34. The van der Waals surface area contributed by atoms with Gasteiger partial charge in [0, 0.05) is 48.7 Å². The summed E-state index contributed by atoms with van der Waals surface area (Å²) in [7, 11) is 0. The highest BCUT2D eigenvalue weighted by atomic mass is 16.3. The zero-order chi connectivity index (χ0) is 25.2. The lowest BCUT2D eigenvalue weighted by atomic mass is 9.85. The van der Waals surface area contributed by atoms with Crippen molar-refractivity contribution in [2.24, 2.45) is 0 Å². The van der Waals surface area contributed by atoms with E-state index in [1.807, 2.05) is 23.1 Å². The fraction of sp³-hybridized carbons (Fsp3) is 0.241. The standard InChI is InChI=1S/C29H27NO6/c31-20-11-7-10-19(14-20)21(15-26(35)30-12-5-2-6-13-30)27-22(32)16-23(33)28-24(34)17-25(36-29(27)28)18-8-3-1-4-9-18/h1,3-4,7-11,14,16-17,21,31-33H,2,5-6,12-13,15H2/t21-/m1/s1. The Morgan fingerprint density at radius 1 is 0.889 bits per heavy atom. The number of hydrogen-bond donors (Lipinski definition) is 3. The Balaban J connectivity index is 1.72. The molecule has 0 unspecified atom stereocenters. The summed E-state index contributed by atoms with van der Waals surface area (Å²) in [5.74, 6) is -1.24. The van der Waals surface area contributed by atoms with Crippen LogP contribution < -0.4 is 5.43 Å². The Kier molecular flexibility index (Phi) is 6.38. The van der Waals surface area contributed by atoms with Crippen LogP contribution in [-0.4, -0.2) is 39.2 Å². The van der Waals surface area contributed by atoms with Crippen LogP contribution in [0.15, 0.2) is 75.9 Å². The van der Waals surface area contributed by atoms with Gasteiger partial charge in [-0.05, 0) is 37.0 Å². The number of nitrogens with zero attached hydrogens (tertiary/aromatic N) is 1. The molecule has 1 aliphatic heterocycles. The number of piperidine rings is 1. The second kappa shape index (κ2) is 9.77. The molecule has 7 heteroatoms. The predicted octanol–water partition coefficient (Wildman–Crippen LogP) is 5.11. The van der Waals surface area contributed by atoms with Crippen LogP contribution in [0, 0.1) is 0 Å². The lowest BCUT2D eigenvalue weighted by Crippen LogP contribution is -2.36. The van der Waals surface area contributed by atoms with Gasteiger partial charge in [-0.3, -0.25) is 9.59 Å². The first-order valence-electron chi connectivity index (χ1n) is 12.1. The van der Waals surface area contributed by atoms with Crippen LogP contribution in [-0.2, 0) is 4.79 Å². The summed E-state index contributed by atoms with van der Waals surface area (Å²) >= 11 is 0. The van der Waals surface area contributed by atoms with Gasteiger partial charge in [0.15, 0.2) is 5.43 Å². The van der Waals surface area contributed by atoms with Crippen molar-refractivity contribution in [2.75, 3.05) is 13.1 Å². The van der Waals surface area contributed by atoms with E-state index in [0.717, 1.165) is 25.3 Å². The Bertz CT molecular complexity index is 1470. The van der Waals surface area contributed by atoms with Gasteiger partial charge in [-0.15, -0.1) is 0 Å². The van der Waals surface area contributed by atoms with Crippen molar-refractivity contribution in [2.45, 2.75) is 31.6 Å². The molecule has 1 atom stereocenters. The third-order valence-corrected chi connectivity index (χ3v) is 6.76. The third kappa shape index (κ3) is 4.52. The average Bonchev–Trinajstić information content (AvgIpc) is 2.88. The van der Waals surface area contributed by atoms with Crippen LogP contribution in [0.4, 0.5) is 0 Å². The predicted molar refractivity (Wildman–Crippen MR) is 136 cm³/mol. The largest absolute Gasteiger partial charge is 0.508 e. The Hall–Kier alpha value is -4.26. The number of aromatic hydroxyl groups is 3. The lowest BCUT2D eigenvalue weighted by molar-refractivity contribution is -0.132. The zero-order valence-electron chi connectivity index (χ0n) is 19.7. The van der Waals surface area contributed by atoms with Crippen LogP contribution in [0.1, 0.15) is 42.7 Å². The van der Waals surface area contributed by atoms with Crippen LogP contribution in [0.5, 0.6) is 17.2 Å². The smallest absolute Gasteiger partial charge is 0.223 e. The van der Waals surface area contributed by atoms with E-state index >= 15 is 0 Å². The number of carbonyl (C=O) groups is 1. The number of fused-ring (bicyclic) bond motifs is 1. The van der Waals surface area contributed by atoms with Gasteiger partial charge in [-0.2, -0.15) is 0 Å². The number of rotatable bonds is 5. The molecular weight excluding hydrogens is 458 g/mol. The molecule has 2 heterocycles. The van der Waals surface area contributed by atoms with Crippen LogP contribution in [0.2, 0.25) is 0 Å². The summed E-state index contributed by atoms with van der Waals surface area (Å²) in [5.41, 5.74) is 0.997. The van der Waals surface area contributed by atoms with Crippen molar-refractivity contribution < 1.29 is 24.5 Å². The molecule has 5 rings (SSSR count). The number of amides is 1. The van der Waals surface area contributed by atoms with Gasteiger partial charge in [0.05, 0.1) is 0 Å². The van der Waals surface area contributed by atoms with Crippen molar-refractivity contribution >= 4 is 16.9 Å². The van der Waals surface area contributed by atoms with E-state index in [0.29, 0.717) is 24.2 Å². The van der Waals surface area contributed by atoms with Crippen LogP contribution in [0.25, 0.3) is 22.3 Å². The molecular formula is C29H27NO6. The molecule has 36 heavy (non-hydrogen) atoms. The molecule has 3 aromatic carbocycles. The first-order chi connectivity index (χ1) is 17.4.